The van der Waals surface area contributed by atoms with Gasteiger partial charge in [-0.3, -0.25) is 0 Å². The molecule has 1 heterocycles. The Balaban J connectivity index is 1.63. The van der Waals surface area contributed by atoms with E-state index in [2.05, 4.69) is 34.5 Å². The third kappa shape index (κ3) is 3.53. The Hall–Kier alpha value is -2.17. The zero-order valence-corrected chi connectivity index (χ0v) is 12.9. The van der Waals surface area contributed by atoms with Crippen molar-refractivity contribution in [2.45, 2.75) is 19.5 Å². The van der Waals surface area contributed by atoms with E-state index in [0.29, 0.717) is 23.3 Å². The van der Waals surface area contributed by atoms with E-state index in [1.165, 1.54) is 5.56 Å². The molecule has 112 valence electrons. The number of benzene rings is 2. The van der Waals surface area contributed by atoms with Crippen molar-refractivity contribution in [1.82, 2.24) is 15.5 Å². The van der Waals surface area contributed by atoms with Gasteiger partial charge in [-0.25, -0.2) is 0 Å². The van der Waals surface area contributed by atoms with Gasteiger partial charge in [0.05, 0.1) is 6.54 Å². The third-order valence-corrected chi connectivity index (χ3v) is 3.68. The molecule has 1 aromatic heterocycles. The summed E-state index contributed by atoms with van der Waals surface area (Å²) in [6.07, 6.45) is 0. The van der Waals surface area contributed by atoms with Crippen molar-refractivity contribution in [3.63, 3.8) is 0 Å². The topological polar surface area (TPSA) is 51.0 Å². The summed E-state index contributed by atoms with van der Waals surface area (Å²) in [6, 6.07) is 17.8. The molecule has 0 amide bonds. The first-order chi connectivity index (χ1) is 10.7. The fraction of sp³-hybridized carbons (Fsp3) is 0.176. The SMILES string of the molecule is C[C@H](NCc1nc(-c2ccc(Cl)cc2)no1)c1ccccc1. The molecule has 0 spiro atoms. The highest BCUT2D eigenvalue weighted by atomic mass is 35.5. The van der Waals surface area contributed by atoms with Crippen LogP contribution in [0, 0.1) is 0 Å². The molecule has 0 saturated heterocycles. The van der Waals surface area contributed by atoms with Crippen LogP contribution in [0.4, 0.5) is 0 Å². The van der Waals surface area contributed by atoms with Crippen molar-refractivity contribution in [3.05, 3.63) is 71.1 Å². The van der Waals surface area contributed by atoms with Gasteiger partial charge in [-0.1, -0.05) is 47.1 Å². The Morgan fingerprint density at radius 3 is 2.55 bits per heavy atom. The summed E-state index contributed by atoms with van der Waals surface area (Å²) in [5.41, 5.74) is 2.11. The summed E-state index contributed by atoms with van der Waals surface area (Å²) in [5.74, 6) is 1.13. The van der Waals surface area contributed by atoms with Crippen molar-refractivity contribution < 1.29 is 4.52 Å². The number of rotatable bonds is 5. The van der Waals surface area contributed by atoms with Gasteiger partial charge in [-0.15, -0.1) is 0 Å². The zero-order valence-electron chi connectivity index (χ0n) is 12.2. The van der Waals surface area contributed by atoms with Gasteiger partial charge in [0, 0.05) is 16.6 Å². The maximum atomic E-state index is 5.87. The minimum atomic E-state index is 0.215. The quantitative estimate of drug-likeness (QED) is 0.765. The van der Waals surface area contributed by atoms with Gasteiger partial charge in [0.25, 0.3) is 0 Å². The second kappa shape index (κ2) is 6.73. The number of nitrogens with zero attached hydrogens (tertiary/aromatic N) is 2. The molecule has 3 rings (SSSR count). The van der Waals surface area contributed by atoms with Crippen molar-refractivity contribution in [3.8, 4) is 11.4 Å². The molecule has 0 aliphatic rings. The molecule has 4 nitrogen and oxygen atoms in total. The Morgan fingerprint density at radius 2 is 1.82 bits per heavy atom. The molecule has 0 unspecified atom stereocenters. The van der Waals surface area contributed by atoms with E-state index in [-0.39, 0.29) is 6.04 Å². The molecule has 3 aromatic rings. The predicted molar refractivity (Wildman–Crippen MR) is 86.4 cm³/mol. The first-order valence-corrected chi connectivity index (χ1v) is 7.47. The Bertz CT molecular complexity index is 725. The second-order valence-electron chi connectivity index (χ2n) is 5.03. The normalized spacial score (nSPS) is 12.3. The average Bonchev–Trinajstić information content (AvgIpc) is 3.03. The fourth-order valence-corrected chi connectivity index (χ4v) is 2.27. The molecule has 0 bridgehead atoms. The maximum Gasteiger partial charge on any atom is 0.240 e. The van der Waals surface area contributed by atoms with Crippen LogP contribution in [0.25, 0.3) is 11.4 Å². The van der Waals surface area contributed by atoms with E-state index in [1.54, 1.807) is 0 Å². The minimum Gasteiger partial charge on any atom is -0.338 e. The lowest BCUT2D eigenvalue weighted by molar-refractivity contribution is 0.360. The number of halogens is 1. The van der Waals surface area contributed by atoms with Crippen LogP contribution in [-0.2, 0) is 6.54 Å². The number of nitrogens with one attached hydrogen (secondary N) is 1. The van der Waals surface area contributed by atoms with Crippen molar-refractivity contribution in [1.29, 1.82) is 0 Å². The molecule has 1 N–H and O–H groups in total. The van der Waals surface area contributed by atoms with Crippen LogP contribution >= 0.6 is 11.6 Å². The summed E-state index contributed by atoms with van der Waals surface area (Å²) in [4.78, 5) is 4.39. The monoisotopic (exact) mass is 313 g/mol. The molecule has 0 radical (unpaired) electrons. The predicted octanol–water partition coefficient (Wildman–Crippen LogP) is 4.24. The summed E-state index contributed by atoms with van der Waals surface area (Å²) in [7, 11) is 0. The molecule has 0 aliphatic carbocycles. The van der Waals surface area contributed by atoms with Gasteiger partial charge < -0.3 is 9.84 Å². The maximum absolute atomic E-state index is 5.87. The van der Waals surface area contributed by atoms with Gasteiger partial charge >= 0.3 is 0 Å². The summed E-state index contributed by atoms with van der Waals surface area (Å²) < 4.78 is 5.28. The standard InChI is InChI=1S/C17H16ClN3O/c1-12(13-5-3-2-4-6-13)19-11-16-20-17(21-22-16)14-7-9-15(18)10-8-14/h2-10,12,19H,11H2,1H3/t12-/m0/s1. The Morgan fingerprint density at radius 1 is 1.09 bits per heavy atom. The summed E-state index contributed by atoms with van der Waals surface area (Å²) in [5, 5.41) is 8.06. The van der Waals surface area contributed by atoms with E-state index in [1.807, 2.05) is 42.5 Å². The van der Waals surface area contributed by atoms with Crippen molar-refractivity contribution in [2.75, 3.05) is 0 Å². The highest BCUT2D eigenvalue weighted by molar-refractivity contribution is 6.30. The van der Waals surface area contributed by atoms with Crippen LogP contribution in [0.1, 0.15) is 24.4 Å². The largest absolute Gasteiger partial charge is 0.338 e. The Labute approximate surface area is 134 Å². The van der Waals surface area contributed by atoms with E-state index < -0.39 is 0 Å². The van der Waals surface area contributed by atoms with Gasteiger partial charge in [0.2, 0.25) is 11.7 Å². The van der Waals surface area contributed by atoms with Gasteiger partial charge in [-0.05, 0) is 36.8 Å². The van der Waals surface area contributed by atoms with Crippen molar-refractivity contribution >= 4 is 11.6 Å². The fourth-order valence-electron chi connectivity index (χ4n) is 2.14. The lowest BCUT2D eigenvalue weighted by atomic mass is 10.1. The highest BCUT2D eigenvalue weighted by Crippen LogP contribution is 2.19. The first-order valence-electron chi connectivity index (χ1n) is 7.09. The Kier molecular flexibility index (Phi) is 4.51. The molecule has 2 aromatic carbocycles. The molecule has 22 heavy (non-hydrogen) atoms. The highest BCUT2D eigenvalue weighted by Gasteiger charge is 2.10. The van der Waals surface area contributed by atoms with Gasteiger partial charge in [0.1, 0.15) is 0 Å². The zero-order chi connectivity index (χ0) is 15.4. The lowest BCUT2D eigenvalue weighted by Crippen LogP contribution is -2.18. The first kappa shape index (κ1) is 14.8. The summed E-state index contributed by atoms with van der Waals surface area (Å²) in [6.45, 7) is 2.63. The van der Waals surface area contributed by atoms with Gasteiger partial charge in [-0.2, -0.15) is 4.98 Å². The van der Waals surface area contributed by atoms with Crippen LogP contribution in [-0.4, -0.2) is 10.1 Å². The van der Waals surface area contributed by atoms with Crippen LogP contribution < -0.4 is 5.32 Å². The third-order valence-electron chi connectivity index (χ3n) is 3.43. The van der Waals surface area contributed by atoms with Gasteiger partial charge in [0.15, 0.2) is 0 Å². The molecule has 1 atom stereocenters. The molecule has 0 saturated carbocycles. The molecular formula is C17H16ClN3O. The molecule has 0 aliphatic heterocycles. The van der Waals surface area contributed by atoms with E-state index in [0.717, 1.165) is 5.56 Å². The van der Waals surface area contributed by atoms with Crippen LogP contribution in [0.5, 0.6) is 0 Å². The van der Waals surface area contributed by atoms with Crippen LogP contribution in [0.2, 0.25) is 5.02 Å². The molecule has 5 heteroatoms. The van der Waals surface area contributed by atoms with E-state index >= 15 is 0 Å². The number of hydrogen-bond donors (Lipinski definition) is 1. The van der Waals surface area contributed by atoms with Crippen molar-refractivity contribution in [2.24, 2.45) is 0 Å². The minimum absolute atomic E-state index is 0.215. The molecule has 0 fully saturated rings. The molecular weight excluding hydrogens is 298 g/mol. The second-order valence-corrected chi connectivity index (χ2v) is 5.47. The number of aromatic nitrogens is 2. The van der Waals surface area contributed by atoms with Crippen LogP contribution in [0.15, 0.2) is 59.1 Å². The lowest BCUT2D eigenvalue weighted by Gasteiger charge is -2.12. The smallest absolute Gasteiger partial charge is 0.240 e. The average molecular weight is 314 g/mol. The number of hydrogen-bond acceptors (Lipinski definition) is 4. The van der Waals surface area contributed by atoms with Crippen LogP contribution in [0.3, 0.4) is 0 Å². The summed E-state index contributed by atoms with van der Waals surface area (Å²) >= 11 is 5.87. The van der Waals surface area contributed by atoms with E-state index in [4.69, 9.17) is 16.1 Å². The van der Waals surface area contributed by atoms with E-state index in [9.17, 15) is 0 Å².